The molecule has 7 nitrogen and oxygen atoms in total. The van der Waals surface area contributed by atoms with Crippen molar-refractivity contribution in [2.45, 2.75) is 4.90 Å². The van der Waals surface area contributed by atoms with Crippen molar-refractivity contribution in [3.63, 3.8) is 0 Å². The fourth-order valence-corrected chi connectivity index (χ4v) is 4.72. The summed E-state index contributed by atoms with van der Waals surface area (Å²) in [6, 6.07) is 13.7. The van der Waals surface area contributed by atoms with Crippen molar-refractivity contribution in [3.05, 3.63) is 59.9 Å². The van der Waals surface area contributed by atoms with E-state index in [0.29, 0.717) is 18.8 Å². The van der Waals surface area contributed by atoms with Crippen LogP contribution >= 0.6 is 0 Å². The maximum Gasteiger partial charge on any atom is 0.279 e. The molecule has 1 fully saturated rings. The highest BCUT2D eigenvalue weighted by Crippen LogP contribution is 2.19. The summed E-state index contributed by atoms with van der Waals surface area (Å²) >= 11 is 0. The second kappa shape index (κ2) is 8.48. The van der Waals surface area contributed by atoms with Crippen LogP contribution in [0.3, 0.4) is 0 Å². The molecule has 0 atom stereocenters. The molecule has 28 heavy (non-hydrogen) atoms. The quantitative estimate of drug-likeness (QED) is 0.747. The Kier molecular flexibility index (Phi) is 6.04. The molecule has 1 aliphatic rings. The highest BCUT2D eigenvalue weighted by Gasteiger charge is 2.32. The van der Waals surface area contributed by atoms with Crippen molar-refractivity contribution in [1.82, 2.24) is 4.31 Å². The summed E-state index contributed by atoms with van der Waals surface area (Å²) in [5, 5.41) is 11.8. The number of hydrogen-bond donors (Lipinski definition) is 2. The Balaban J connectivity index is 1.58. The minimum absolute atomic E-state index is 0.00444. The summed E-state index contributed by atoms with van der Waals surface area (Å²) in [6.45, 7) is 1.60. The Morgan fingerprint density at radius 2 is 1.89 bits per heavy atom. The lowest BCUT2D eigenvalue weighted by Gasteiger charge is -2.31. The van der Waals surface area contributed by atoms with Crippen LogP contribution in [0.4, 0.5) is 10.1 Å². The minimum atomic E-state index is -3.75. The number of hydrogen-bond acceptors (Lipinski definition) is 4. The van der Waals surface area contributed by atoms with Crippen molar-refractivity contribution >= 4 is 21.6 Å². The number of carbonyl (C=O) groups is 1. The van der Waals surface area contributed by atoms with Gasteiger partial charge in [-0.1, -0.05) is 18.2 Å². The van der Waals surface area contributed by atoms with Gasteiger partial charge in [-0.15, -0.1) is 0 Å². The molecule has 1 saturated heterocycles. The number of amides is 1. The summed E-state index contributed by atoms with van der Waals surface area (Å²) in [4.78, 5) is 13.1. The Morgan fingerprint density at radius 1 is 1.18 bits per heavy atom. The molecule has 0 bridgehead atoms. The zero-order valence-corrected chi connectivity index (χ0v) is 15.9. The van der Waals surface area contributed by atoms with E-state index in [1.54, 1.807) is 18.2 Å². The van der Waals surface area contributed by atoms with Crippen LogP contribution in [0, 0.1) is 17.1 Å². The van der Waals surface area contributed by atoms with E-state index in [2.05, 4.69) is 5.32 Å². The third-order valence-corrected chi connectivity index (χ3v) is 6.53. The first-order chi connectivity index (χ1) is 13.4. The van der Waals surface area contributed by atoms with Crippen LogP contribution in [0.25, 0.3) is 0 Å². The number of rotatable bonds is 5. The van der Waals surface area contributed by atoms with E-state index in [1.807, 2.05) is 6.07 Å². The van der Waals surface area contributed by atoms with Crippen LogP contribution in [0.15, 0.2) is 53.4 Å². The molecule has 0 unspecified atom stereocenters. The van der Waals surface area contributed by atoms with E-state index in [0.717, 1.165) is 4.90 Å². The molecule has 0 spiro atoms. The van der Waals surface area contributed by atoms with Gasteiger partial charge in [0.1, 0.15) is 11.9 Å². The van der Waals surface area contributed by atoms with Gasteiger partial charge in [0.05, 0.1) is 36.6 Å². The van der Waals surface area contributed by atoms with Gasteiger partial charge in [0.2, 0.25) is 10.0 Å². The topological polar surface area (TPSA) is 94.7 Å². The van der Waals surface area contributed by atoms with Crippen molar-refractivity contribution in [2.75, 3.05) is 38.0 Å². The zero-order valence-electron chi connectivity index (χ0n) is 15.1. The highest BCUT2D eigenvalue weighted by molar-refractivity contribution is 7.89. The molecule has 146 valence electrons. The van der Waals surface area contributed by atoms with Crippen molar-refractivity contribution in [3.8, 4) is 6.07 Å². The number of anilines is 1. The Labute approximate surface area is 163 Å². The summed E-state index contributed by atoms with van der Waals surface area (Å²) in [7, 11) is -3.75. The Hall–Kier alpha value is -2.80. The van der Waals surface area contributed by atoms with Crippen LogP contribution in [-0.2, 0) is 14.8 Å². The fourth-order valence-electron chi connectivity index (χ4n) is 3.14. The van der Waals surface area contributed by atoms with Gasteiger partial charge in [0.25, 0.3) is 5.91 Å². The molecule has 3 rings (SSSR count). The van der Waals surface area contributed by atoms with E-state index < -0.39 is 15.8 Å². The first-order valence-corrected chi connectivity index (χ1v) is 10.2. The summed E-state index contributed by atoms with van der Waals surface area (Å²) in [5.74, 6) is -0.687. The number of piperazine rings is 1. The van der Waals surface area contributed by atoms with Gasteiger partial charge < -0.3 is 10.2 Å². The van der Waals surface area contributed by atoms with Crippen LogP contribution in [-0.4, -0.2) is 51.4 Å². The second-order valence-electron chi connectivity index (χ2n) is 6.50. The maximum absolute atomic E-state index is 13.2. The van der Waals surface area contributed by atoms with Crippen LogP contribution in [0.5, 0.6) is 0 Å². The molecule has 0 aromatic heterocycles. The first kappa shape index (κ1) is 19.9. The number of sulfonamides is 1. The molecule has 0 aliphatic carbocycles. The minimum Gasteiger partial charge on any atom is -0.325 e. The molecule has 1 aliphatic heterocycles. The van der Waals surface area contributed by atoms with E-state index >= 15 is 0 Å². The van der Waals surface area contributed by atoms with Gasteiger partial charge in [0, 0.05) is 5.69 Å². The summed E-state index contributed by atoms with van der Waals surface area (Å²) in [5.41, 5.74) is 0.505. The predicted molar refractivity (Wildman–Crippen MR) is 101 cm³/mol. The van der Waals surface area contributed by atoms with Gasteiger partial charge in [0.15, 0.2) is 6.54 Å². The molecule has 2 aromatic carbocycles. The number of halogens is 1. The second-order valence-corrected chi connectivity index (χ2v) is 8.40. The van der Waals surface area contributed by atoms with Crippen molar-refractivity contribution in [2.24, 2.45) is 0 Å². The van der Waals surface area contributed by atoms with E-state index in [4.69, 9.17) is 5.26 Å². The molecule has 2 aromatic rings. The van der Waals surface area contributed by atoms with Gasteiger partial charge in [-0.25, -0.2) is 12.8 Å². The average molecular weight is 403 g/mol. The van der Waals surface area contributed by atoms with E-state index in [-0.39, 0.29) is 36.0 Å². The molecule has 0 saturated carbocycles. The Morgan fingerprint density at radius 3 is 2.57 bits per heavy atom. The molecule has 1 heterocycles. The lowest BCUT2D eigenvalue weighted by molar-refractivity contribution is -0.895. The normalized spacial score (nSPS) is 15.7. The molecular weight excluding hydrogens is 383 g/mol. The van der Waals surface area contributed by atoms with Gasteiger partial charge in [-0.2, -0.15) is 9.57 Å². The largest absolute Gasteiger partial charge is 0.325 e. The number of nitrogens with one attached hydrogen (secondary N) is 2. The number of quaternary nitrogens is 1. The van der Waals surface area contributed by atoms with Crippen LogP contribution in [0.2, 0.25) is 0 Å². The highest BCUT2D eigenvalue weighted by atomic mass is 32.2. The van der Waals surface area contributed by atoms with E-state index in [1.165, 1.54) is 34.6 Å². The number of nitriles is 1. The lowest BCUT2D eigenvalue weighted by Crippen LogP contribution is -3.15. The smallest absolute Gasteiger partial charge is 0.279 e. The molecule has 0 radical (unpaired) electrons. The van der Waals surface area contributed by atoms with Gasteiger partial charge >= 0.3 is 0 Å². The fraction of sp³-hybridized carbons (Fsp3) is 0.263. The van der Waals surface area contributed by atoms with Gasteiger partial charge in [-0.05, 0) is 30.3 Å². The Bertz CT molecular complexity index is 1010. The maximum atomic E-state index is 13.2. The molecular formula is C19H20FN4O3S+. The number of carbonyl (C=O) groups excluding carboxylic acids is 1. The van der Waals surface area contributed by atoms with Crippen molar-refractivity contribution in [1.29, 1.82) is 5.26 Å². The summed E-state index contributed by atoms with van der Waals surface area (Å²) < 4.78 is 40.2. The lowest BCUT2D eigenvalue weighted by atomic mass is 10.2. The van der Waals surface area contributed by atoms with Gasteiger partial charge in [-0.3, -0.25) is 4.79 Å². The van der Waals surface area contributed by atoms with Crippen molar-refractivity contribution < 1.29 is 22.5 Å². The average Bonchev–Trinajstić information content (AvgIpc) is 2.68. The number of nitrogens with zero attached hydrogens (tertiary/aromatic N) is 2. The predicted octanol–water partition coefficient (Wildman–Crippen LogP) is 0.225. The van der Waals surface area contributed by atoms with Crippen LogP contribution < -0.4 is 10.2 Å². The number of benzene rings is 2. The molecule has 9 heteroatoms. The van der Waals surface area contributed by atoms with Crippen LogP contribution in [0.1, 0.15) is 5.56 Å². The zero-order chi connectivity index (χ0) is 20.1. The third-order valence-electron chi connectivity index (χ3n) is 4.57. The standard InChI is InChI=1S/C19H19FN4O3S/c20-16-5-3-6-17(12-16)22-19(25)14-23-8-10-24(11-9-23)28(26,27)18-7-2-1-4-15(18)13-21/h1-7,12H,8-11,14H2,(H,22,25)/p+1. The molecule has 2 N–H and O–H groups in total. The monoisotopic (exact) mass is 403 g/mol. The van der Waals surface area contributed by atoms with E-state index in [9.17, 15) is 17.6 Å². The SMILES string of the molecule is N#Cc1ccccc1S(=O)(=O)N1CC[NH+](CC(=O)Nc2cccc(F)c2)CC1. The molecule has 1 amide bonds. The first-order valence-electron chi connectivity index (χ1n) is 8.78. The summed E-state index contributed by atoms with van der Waals surface area (Å²) in [6.07, 6.45) is 0. The third kappa shape index (κ3) is 4.54.